The van der Waals surface area contributed by atoms with Gasteiger partial charge in [0.05, 0.1) is 0 Å². The smallest absolute Gasteiger partial charge is 0.274 e. The van der Waals surface area contributed by atoms with Crippen LogP contribution in [0.4, 0.5) is 23.0 Å². The number of hydrogen-bond donors (Lipinski definition) is 1. The van der Waals surface area contributed by atoms with E-state index in [0.29, 0.717) is 11.6 Å². The predicted molar refractivity (Wildman–Crippen MR) is 105 cm³/mol. The van der Waals surface area contributed by atoms with Crippen LogP contribution in [-0.2, 0) is 0 Å². The van der Waals surface area contributed by atoms with Gasteiger partial charge in [-0.2, -0.15) is 0 Å². The summed E-state index contributed by atoms with van der Waals surface area (Å²) < 4.78 is 0. The maximum atomic E-state index is 12.5. The minimum atomic E-state index is -0.271. The van der Waals surface area contributed by atoms with E-state index in [1.165, 1.54) is 0 Å². The average molecular weight is 347 g/mol. The maximum Gasteiger partial charge on any atom is 0.274 e. The summed E-state index contributed by atoms with van der Waals surface area (Å²) in [6.45, 7) is 0. The van der Waals surface area contributed by atoms with Gasteiger partial charge in [-0.25, -0.2) is 9.97 Å². The molecule has 6 heteroatoms. The zero-order valence-electron chi connectivity index (χ0n) is 15.0. The average Bonchev–Trinajstić information content (AvgIpc) is 2.68. The minimum absolute atomic E-state index is 0.271. The van der Waals surface area contributed by atoms with Crippen LogP contribution >= 0.6 is 0 Å². The molecule has 1 heterocycles. The molecule has 0 aliphatic heterocycles. The van der Waals surface area contributed by atoms with Crippen LogP contribution < -0.4 is 15.1 Å². The Labute approximate surface area is 153 Å². The van der Waals surface area contributed by atoms with Crippen molar-refractivity contribution in [3.05, 3.63) is 72.6 Å². The quantitative estimate of drug-likeness (QED) is 0.765. The van der Waals surface area contributed by atoms with Crippen LogP contribution in [0.15, 0.2) is 66.9 Å². The van der Waals surface area contributed by atoms with E-state index < -0.39 is 0 Å². The first-order valence-corrected chi connectivity index (χ1v) is 8.25. The molecule has 3 aromatic rings. The molecule has 1 aromatic heterocycles. The van der Waals surface area contributed by atoms with E-state index >= 15 is 0 Å². The Kier molecular flexibility index (Phi) is 5.12. The first-order valence-electron chi connectivity index (χ1n) is 8.25. The summed E-state index contributed by atoms with van der Waals surface area (Å²) >= 11 is 0. The molecule has 3 rings (SSSR count). The fourth-order valence-corrected chi connectivity index (χ4v) is 2.44. The van der Waals surface area contributed by atoms with Crippen molar-refractivity contribution in [2.75, 3.05) is 36.3 Å². The summed E-state index contributed by atoms with van der Waals surface area (Å²) in [5.41, 5.74) is 3.05. The number of rotatable bonds is 5. The van der Waals surface area contributed by atoms with Gasteiger partial charge in [0.25, 0.3) is 5.91 Å². The van der Waals surface area contributed by atoms with Crippen molar-refractivity contribution in [3.63, 3.8) is 0 Å². The fraction of sp³-hybridized carbons (Fsp3) is 0.150. The van der Waals surface area contributed by atoms with Crippen molar-refractivity contribution < 1.29 is 4.79 Å². The largest absolute Gasteiger partial charge is 0.378 e. The Hall–Kier alpha value is -3.41. The summed E-state index contributed by atoms with van der Waals surface area (Å²) in [4.78, 5) is 25.0. The maximum absolute atomic E-state index is 12.5. The second kappa shape index (κ2) is 7.65. The molecule has 26 heavy (non-hydrogen) atoms. The Morgan fingerprint density at radius 3 is 2.23 bits per heavy atom. The lowest BCUT2D eigenvalue weighted by Crippen LogP contribution is -2.18. The van der Waals surface area contributed by atoms with Crippen molar-refractivity contribution in [2.24, 2.45) is 0 Å². The Bertz CT molecular complexity index is 878. The third kappa shape index (κ3) is 3.97. The van der Waals surface area contributed by atoms with Gasteiger partial charge < -0.3 is 15.1 Å². The fourth-order valence-electron chi connectivity index (χ4n) is 2.44. The summed E-state index contributed by atoms with van der Waals surface area (Å²) in [6.07, 6.45) is 1.59. The third-order valence-electron chi connectivity index (χ3n) is 3.96. The lowest BCUT2D eigenvalue weighted by atomic mass is 10.2. The van der Waals surface area contributed by atoms with E-state index in [4.69, 9.17) is 0 Å². The third-order valence-corrected chi connectivity index (χ3v) is 3.96. The van der Waals surface area contributed by atoms with Gasteiger partial charge in [-0.1, -0.05) is 18.2 Å². The lowest BCUT2D eigenvalue weighted by Gasteiger charge is -2.17. The standard InChI is InChI=1S/C20H21N5O/c1-24(2)16-11-9-15(10-12-16)22-19(26)18-13-14-21-20(23-18)25(3)17-7-5-4-6-8-17/h4-14H,1-3H3,(H,22,26). The van der Waals surface area contributed by atoms with Crippen LogP contribution in [0.2, 0.25) is 0 Å². The number of carbonyl (C=O) groups excluding carboxylic acids is 1. The van der Waals surface area contributed by atoms with Gasteiger partial charge in [-0.05, 0) is 42.5 Å². The van der Waals surface area contributed by atoms with Gasteiger partial charge in [-0.3, -0.25) is 4.79 Å². The summed E-state index contributed by atoms with van der Waals surface area (Å²) in [5.74, 6) is 0.194. The monoisotopic (exact) mass is 347 g/mol. The van der Waals surface area contributed by atoms with Gasteiger partial charge in [0.2, 0.25) is 5.95 Å². The molecule has 0 spiro atoms. The van der Waals surface area contributed by atoms with Gasteiger partial charge in [-0.15, -0.1) is 0 Å². The zero-order valence-corrected chi connectivity index (χ0v) is 15.0. The number of hydrogen-bond acceptors (Lipinski definition) is 5. The molecule has 0 radical (unpaired) electrons. The van der Waals surface area contributed by atoms with Gasteiger partial charge >= 0.3 is 0 Å². The van der Waals surface area contributed by atoms with Crippen molar-refractivity contribution in [1.82, 2.24) is 9.97 Å². The Morgan fingerprint density at radius 1 is 0.885 bits per heavy atom. The van der Waals surface area contributed by atoms with Crippen molar-refractivity contribution >= 4 is 28.9 Å². The summed E-state index contributed by atoms with van der Waals surface area (Å²) in [5, 5.41) is 2.86. The van der Waals surface area contributed by atoms with Crippen LogP contribution in [0.1, 0.15) is 10.5 Å². The number of benzene rings is 2. The van der Waals surface area contributed by atoms with Crippen LogP contribution in [0, 0.1) is 0 Å². The first-order chi connectivity index (χ1) is 12.5. The van der Waals surface area contributed by atoms with Crippen molar-refractivity contribution in [3.8, 4) is 0 Å². The number of nitrogens with one attached hydrogen (secondary N) is 1. The van der Waals surface area contributed by atoms with Crippen LogP contribution in [-0.4, -0.2) is 37.0 Å². The van der Waals surface area contributed by atoms with Crippen LogP contribution in [0.25, 0.3) is 0 Å². The number of aromatic nitrogens is 2. The molecule has 132 valence electrons. The lowest BCUT2D eigenvalue weighted by molar-refractivity contribution is 0.102. The highest BCUT2D eigenvalue weighted by atomic mass is 16.1. The number of amides is 1. The summed E-state index contributed by atoms with van der Waals surface area (Å²) in [7, 11) is 5.81. The molecule has 2 aromatic carbocycles. The van der Waals surface area contributed by atoms with Gasteiger partial charge in [0.15, 0.2) is 0 Å². The molecule has 1 N–H and O–H groups in total. The molecule has 1 amide bonds. The van der Waals surface area contributed by atoms with E-state index in [1.54, 1.807) is 12.3 Å². The van der Waals surface area contributed by atoms with E-state index in [9.17, 15) is 4.79 Å². The molecule has 0 unspecified atom stereocenters. The van der Waals surface area contributed by atoms with Crippen LogP contribution in [0.5, 0.6) is 0 Å². The zero-order chi connectivity index (χ0) is 18.5. The normalized spacial score (nSPS) is 10.3. The second-order valence-corrected chi connectivity index (χ2v) is 6.03. The van der Waals surface area contributed by atoms with Gasteiger partial charge in [0, 0.05) is 44.4 Å². The molecule has 0 aliphatic carbocycles. The second-order valence-electron chi connectivity index (χ2n) is 6.03. The molecule has 0 bridgehead atoms. The van der Waals surface area contributed by atoms with E-state index in [1.807, 2.05) is 85.5 Å². The number of anilines is 4. The van der Waals surface area contributed by atoms with Gasteiger partial charge in [0.1, 0.15) is 5.69 Å². The molecule has 0 fully saturated rings. The number of nitrogens with zero attached hydrogens (tertiary/aromatic N) is 4. The molecule has 0 saturated heterocycles. The highest BCUT2D eigenvalue weighted by Crippen LogP contribution is 2.20. The minimum Gasteiger partial charge on any atom is -0.378 e. The Balaban J connectivity index is 1.76. The predicted octanol–water partition coefficient (Wildman–Crippen LogP) is 3.56. The molecule has 0 saturated carbocycles. The molecular formula is C20H21N5O. The van der Waals surface area contributed by atoms with E-state index in [2.05, 4.69) is 15.3 Å². The molecular weight excluding hydrogens is 326 g/mol. The highest BCUT2D eigenvalue weighted by molar-refractivity contribution is 6.03. The molecule has 0 aliphatic rings. The highest BCUT2D eigenvalue weighted by Gasteiger charge is 2.12. The van der Waals surface area contributed by atoms with Crippen molar-refractivity contribution in [2.45, 2.75) is 0 Å². The molecule has 0 atom stereocenters. The Morgan fingerprint density at radius 2 is 1.58 bits per heavy atom. The first kappa shape index (κ1) is 17.4. The van der Waals surface area contributed by atoms with E-state index in [0.717, 1.165) is 17.1 Å². The summed E-state index contributed by atoms with van der Waals surface area (Å²) in [6, 6.07) is 19.0. The molecule has 6 nitrogen and oxygen atoms in total. The topological polar surface area (TPSA) is 61.4 Å². The number of para-hydroxylation sites is 1. The SMILES string of the molecule is CN(C)c1ccc(NC(=O)c2ccnc(N(C)c3ccccc3)n2)cc1. The number of carbonyl (C=O) groups is 1. The van der Waals surface area contributed by atoms with Crippen molar-refractivity contribution in [1.29, 1.82) is 0 Å². The van der Waals surface area contributed by atoms with E-state index in [-0.39, 0.29) is 5.91 Å². The van der Waals surface area contributed by atoms with Crippen LogP contribution in [0.3, 0.4) is 0 Å².